The third-order valence-electron chi connectivity index (χ3n) is 5.79. The third-order valence-corrected chi connectivity index (χ3v) is 5.79. The number of aromatic nitrogens is 3. The van der Waals surface area contributed by atoms with Crippen molar-refractivity contribution in [3.05, 3.63) is 35.3 Å². The van der Waals surface area contributed by atoms with Gasteiger partial charge in [-0.15, -0.1) is 0 Å². The predicted octanol–water partition coefficient (Wildman–Crippen LogP) is 2.75. The molecule has 156 valence electrons. The van der Waals surface area contributed by atoms with Crippen LogP contribution in [0.2, 0.25) is 0 Å². The molecule has 3 heterocycles. The van der Waals surface area contributed by atoms with Gasteiger partial charge in [-0.1, -0.05) is 12.5 Å². The Bertz CT molecular complexity index is 870. The van der Waals surface area contributed by atoms with E-state index >= 15 is 0 Å². The number of nitrogens with zero attached hydrogens (tertiary/aromatic N) is 4. The Morgan fingerprint density at radius 2 is 2.00 bits per heavy atom. The normalized spacial score (nSPS) is 19.3. The summed E-state index contributed by atoms with van der Waals surface area (Å²) < 4.78 is 1.91. The van der Waals surface area contributed by atoms with Crippen molar-refractivity contribution in [2.75, 3.05) is 38.1 Å². The molecular weight excluding hydrogens is 366 g/mol. The van der Waals surface area contributed by atoms with Crippen molar-refractivity contribution in [2.24, 2.45) is 5.92 Å². The molecule has 2 aromatic heterocycles. The van der Waals surface area contributed by atoms with E-state index in [0.29, 0.717) is 18.2 Å². The summed E-state index contributed by atoms with van der Waals surface area (Å²) in [5, 5.41) is 23.5. The first-order chi connectivity index (χ1) is 14.2. The maximum absolute atomic E-state index is 10.5. The van der Waals surface area contributed by atoms with E-state index in [4.69, 9.17) is 4.98 Å². The number of aliphatic hydroxyl groups excluding tert-OH is 1. The lowest BCUT2D eigenvalue weighted by atomic mass is 9.97. The summed E-state index contributed by atoms with van der Waals surface area (Å²) in [5.74, 6) is 1.40. The lowest BCUT2D eigenvalue weighted by Crippen LogP contribution is -2.31. The van der Waals surface area contributed by atoms with Gasteiger partial charge in [0.2, 0.25) is 5.95 Å². The van der Waals surface area contributed by atoms with Crippen LogP contribution in [-0.2, 0) is 6.42 Å². The number of hydrogen-bond donors (Lipinski definition) is 3. The van der Waals surface area contributed by atoms with Crippen molar-refractivity contribution in [1.29, 1.82) is 0 Å². The minimum absolute atomic E-state index is 0.0804. The lowest BCUT2D eigenvalue weighted by Gasteiger charge is -2.26. The minimum Gasteiger partial charge on any atom is -0.504 e. The molecule has 0 aromatic carbocycles. The number of anilines is 1. The van der Waals surface area contributed by atoms with Crippen LogP contribution >= 0.6 is 0 Å². The average Bonchev–Trinajstić information content (AvgIpc) is 3.10. The van der Waals surface area contributed by atoms with Crippen molar-refractivity contribution in [3.63, 3.8) is 0 Å². The van der Waals surface area contributed by atoms with Crippen molar-refractivity contribution >= 4 is 12.0 Å². The zero-order valence-electron chi connectivity index (χ0n) is 17.1. The van der Waals surface area contributed by atoms with Gasteiger partial charge in [-0.3, -0.25) is 4.57 Å². The molecular formula is C22H31N5O2. The molecule has 4 rings (SSSR count). The molecule has 1 fully saturated rings. The van der Waals surface area contributed by atoms with E-state index in [1.54, 1.807) is 12.1 Å². The molecule has 29 heavy (non-hydrogen) atoms. The van der Waals surface area contributed by atoms with Crippen LogP contribution < -0.4 is 5.32 Å². The number of likely N-dealkylation sites (tertiary alicyclic amines) is 1. The second-order valence-electron chi connectivity index (χ2n) is 8.09. The zero-order valence-corrected chi connectivity index (χ0v) is 17.1. The fourth-order valence-corrected chi connectivity index (χ4v) is 4.19. The standard InChI is InChI=1S/C22H31N5O2/c1-16-6-9-20(29)21(24-16)27-19-8-7-17(15-28)14-18(19)25-22(27)23-10-5-13-26-11-3-2-4-12-26/h6-9,17,28-29H,2-5,10-15H2,1H3,(H,23,25). The van der Waals surface area contributed by atoms with Crippen LogP contribution in [0.15, 0.2) is 18.2 Å². The van der Waals surface area contributed by atoms with Gasteiger partial charge in [0.15, 0.2) is 11.6 Å². The second kappa shape index (κ2) is 8.97. The average molecular weight is 398 g/mol. The number of hydrogen-bond acceptors (Lipinski definition) is 6. The minimum atomic E-state index is 0.0804. The zero-order chi connectivity index (χ0) is 20.2. The third kappa shape index (κ3) is 4.46. The van der Waals surface area contributed by atoms with E-state index in [2.05, 4.69) is 15.2 Å². The predicted molar refractivity (Wildman–Crippen MR) is 114 cm³/mol. The number of nitrogens with one attached hydrogen (secondary N) is 1. The highest BCUT2D eigenvalue weighted by Crippen LogP contribution is 2.31. The van der Waals surface area contributed by atoms with E-state index in [9.17, 15) is 10.2 Å². The molecule has 1 aliphatic carbocycles. The summed E-state index contributed by atoms with van der Waals surface area (Å²) in [7, 11) is 0. The molecule has 3 N–H and O–H groups in total. The van der Waals surface area contributed by atoms with Gasteiger partial charge in [0.05, 0.1) is 11.4 Å². The van der Waals surface area contributed by atoms with Crippen LogP contribution in [0.25, 0.3) is 11.9 Å². The number of pyridine rings is 1. The largest absolute Gasteiger partial charge is 0.504 e. The van der Waals surface area contributed by atoms with Gasteiger partial charge >= 0.3 is 0 Å². The first kappa shape index (κ1) is 19.9. The van der Waals surface area contributed by atoms with Crippen LogP contribution in [0.3, 0.4) is 0 Å². The number of piperidine rings is 1. The van der Waals surface area contributed by atoms with Gasteiger partial charge in [0, 0.05) is 31.2 Å². The Balaban J connectivity index is 1.55. The van der Waals surface area contributed by atoms with Crippen molar-refractivity contribution in [2.45, 2.75) is 39.0 Å². The van der Waals surface area contributed by atoms with Gasteiger partial charge in [0.25, 0.3) is 0 Å². The molecule has 1 atom stereocenters. The highest BCUT2D eigenvalue weighted by molar-refractivity contribution is 5.61. The van der Waals surface area contributed by atoms with Crippen LogP contribution in [0.5, 0.6) is 5.75 Å². The lowest BCUT2D eigenvalue weighted by molar-refractivity contribution is 0.228. The number of fused-ring (bicyclic) bond motifs is 1. The fraction of sp³-hybridized carbons (Fsp3) is 0.545. The summed E-state index contributed by atoms with van der Waals surface area (Å²) in [6.45, 7) is 6.33. The molecule has 2 aliphatic rings. The molecule has 1 unspecified atom stereocenters. The van der Waals surface area contributed by atoms with Gasteiger partial charge < -0.3 is 20.4 Å². The Morgan fingerprint density at radius 1 is 1.17 bits per heavy atom. The van der Waals surface area contributed by atoms with Gasteiger partial charge in [-0.2, -0.15) is 0 Å². The molecule has 0 spiro atoms. The van der Waals surface area contributed by atoms with Gasteiger partial charge in [0.1, 0.15) is 0 Å². The molecule has 7 nitrogen and oxygen atoms in total. The molecule has 1 aliphatic heterocycles. The Kier molecular flexibility index (Phi) is 6.16. The molecule has 0 saturated carbocycles. The van der Waals surface area contributed by atoms with E-state index in [1.165, 1.54) is 32.4 Å². The van der Waals surface area contributed by atoms with E-state index in [1.807, 2.05) is 23.6 Å². The Morgan fingerprint density at radius 3 is 2.79 bits per heavy atom. The van der Waals surface area contributed by atoms with Crippen molar-refractivity contribution < 1.29 is 10.2 Å². The maximum Gasteiger partial charge on any atom is 0.209 e. The molecule has 1 saturated heterocycles. The molecule has 0 bridgehead atoms. The van der Waals surface area contributed by atoms with E-state index in [-0.39, 0.29) is 18.3 Å². The number of aryl methyl sites for hydroxylation is 1. The van der Waals surface area contributed by atoms with Crippen LogP contribution in [0.1, 0.15) is 42.8 Å². The Labute approximate surface area is 172 Å². The van der Waals surface area contributed by atoms with Crippen molar-refractivity contribution in [3.8, 4) is 11.6 Å². The summed E-state index contributed by atoms with van der Waals surface area (Å²) in [5.41, 5.74) is 2.68. The quantitative estimate of drug-likeness (QED) is 0.623. The highest BCUT2D eigenvalue weighted by Gasteiger charge is 2.24. The van der Waals surface area contributed by atoms with Gasteiger partial charge in [-0.05, 0) is 64.0 Å². The summed E-state index contributed by atoms with van der Waals surface area (Å²) in [6.07, 6.45) is 9.68. The topological polar surface area (TPSA) is 86.4 Å². The molecule has 7 heteroatoms. The second-order valence-corrected chi connectivity index (χ2v) is 8.09. The molecule has 0 amide bonds. The van der Waals surface area contributed by atoms with Gasteiger partial charge in [-0.25, -0.2) is 9.97 Å². The number of imidazole rings is 1. The summed E-state index contributed by atoms with van der Waals surface area (Å²) in [4.78, 5) is 11.9. The monoisotopic (exact) mass is 397 g/mol. The number of aliphatic hydroxyl groups is 1. The first-order valence-electron chi connectivity index (χ1n) is 10.7. The van der Waals surface area contributed by atoms with Crippen LogP contribution in [-0.4, -0.2) is 62.4 Å². The Hall–Kier alpha value is -2.38. The van der Waals surface area contributed by atoms with E-state index in [0.717, 1.165) is 36.6 Å². The maximum atomic E-state index is 10.5. The summed E-state index contributed by atoms with van der Waals surface area (Å²) >= 11 is 0. The highest BCUT2D eigenvalue weighted by atomic mass is 16.3. The summed E-state index contributed by atoms with van der Waals surface area (Å²) in [6, 6.07) is 3.47. The van der Waals surface area contributed by atoms with Crippen LogP contribution in [0.4, 0.5) is 5.95 Å². The van der Waals surface area contributed by atoms with E-state index < -0.39 is 0 Å². The first-order valence-corrected chi connectivity index (χ1v) is 10.7. The molecule has 2 aromatic rings. The SMILES string of the molecule is Cc1ccc(O)c(-n2c(NCCCN3CCCCC3)nc3c2C=CC(CO)C3)n1. The van der Waals surface area contributed by atoms with Crippen LogP contribution in [0, 0.1) is 12.8 Å². The fourth-order valence-electron chi connectivity index (χ4n) is 4.19. The smallest absolute Gasteiger partial charge is 0.209 e. The number of rotatable bonds is 7. The molecule has 0 radical (unpaired) electrons. The number of aromatic hydroxyl groups is 1. The van der Waals surface area contributed by atoms with Crippen molar-refractivity contribution in [1.82, 2.24) is 19.4 Å².